The Labute approximate surface area is 111 Å². The molecule has 0 aliphatic heterocycles. The Kier molecular flexibility index (Phi) is 3.79. The van der Waals surface area contributed by atoms with Gasteiger partial charge in [0, 0.05) is 6.42 Å². The van der Waals surface area contributed by atoms with Crippen LogP contribution in [-0.2, 0) is 0 Å². The summed E-state index contributed by atoms with van der Waals surface area (Å²) in [7, 11) is 0. The number of ether oxygens (including phenoxy) is 1. The van der Waals surface area contributed by atoms with Gasteiger partial charge in [-0.2, -0.15) is 0 Å². The molecule has 2 rings (SSSR count). The average Bonchev–Trinajstić information content (AvgIpc) is 2.31. The summed E-state index contributed by atoms with van der Waals surface area (Å²) in [6.45, 7) is 11.1. The number of hydrogen-bond acceptors (Lipinski definition) is 1. The van der Waals surface area contributed by atoms with Crippen molar-refractivity contribution in [1.29, 1.82) is 0 Å². The molecule has 1 heteroatoms. The van der Waals surface area contributed by atoms with Crippen molar-refractivity contribution in [2.24, 2.45) is 5.92 Å². The predicted molar refractivity (Wildman–Crippen MR) is 77.1 cm³/mol. The molecule has 0 spiro atoms. The third-order valence-corrected chi connectivity index (χ3v) is 4.26. The molecule has 1 aliphatic carbocycles. The Morgan fingerprint density at radius 1 is 0.944 bits per heavy atom. The highest BCUT2D eigenvalue weighted by Gasteiger charge is 2.25. The van der Waals surface area contributed by atoms with Gasteiger partial charge in [-0.1, -0.05) is 24.1 Å². The summed E-state index contributed by atoms with van der Waals surface area (Å²) in [4.78, 5) is 0. The summed E-state index contributed by atoms with van der Waals surface area (Å²) in [6, 6.07) is 6.39. The van der Waals surface area contributed by atoms with Crippen molar-refractivity contribution < 1.29 is 4.74 Å². The third-order valence-electron chi connectivity index (χ3n) is 4.26. The summed E-state index contributed by atoms with van der Waals surface area (Å²) >= 11 is 0. The monoisotopic (exact) mass is 244 g/mol. The summed E-state index contributed by atoms with van der Waals surface area (Å²) in [6.07, 6.45) is 2.57. The van der Waals surface area contributed by atoms with E-state index in [1.165, 1.54) is 23.1 Å². The highest BCUT2D eigenvalue weighted by molar-refractivity contribution is 5.34. The molecule has 0 bridgehead atoms. The number of benzene rings is 1. The van der Waals surface area contributed by atoms with Gasteiger partial charge in [0.05, 0.1) is 0 Å². The van der Waals surface area contributed by atoms with Crippen LogP contribution >= 0.6 is 0 Å². The first-order valence-corrected chi connectivity index (χ1v) is 6.86. The lowest BCUT2D eigenvalue weighted by atomic mass is 9.84. The van der Waals surface area contributed by atoms with Crippen molar-refractivity contribution in [2.45, 2.75) is 53.6 Å². The van der Waals surface area contributed by atoms with Gasteiger partial charge in [0.15, 0.2) is 0 Å². The quantitative estimate of drug-likeness (QED) is 0.678. The van der Waals surface area contributed by atoms with Crippen LogP contribution in [0.2, 0.25) is 0 Å². The van der Waals surface area contributed by atoms with Gasteiger partial charge in [-0.3, -0.25) is 0 Å². The second-order valence-electron chi connectivity index (χ2n) is 5.85. The van der Waals surface area contributed by atoms with Gasteiger partial charge in [0.25, 0.3) is 0 Å². The van der Waals surface area contributed by atoms with Crippen LogP contribution in [0.1, 0.15) is 44.7 Å². The fraction of sp³-hybridized carbons (Fsp3) is 0.529. The largest absolute Gasteiger partial charge is 0.490 e. The molecule has 98 valence electrons. The Morgan fingerprint density at radius 3 is 2.28 bits per heavy atom. The maximum absolute atomic E-state index is 6.19. The lowest BCUT2D eigenvalue weighted by Gasteiger charge is -2.31. The minimum atomic E-state index is 0.329. The Hall–Kier alpha value is -1.24. The highest BCUT2D eigenvalue weighted by atomic mass is 16.5. The topological polar surface area (TPSA) is 9.23 Å². The summed E-state index contributed by atoms with van der Waals surface area (Å²) in [5.74, 6) is 1.62. The Morgan fingerprint density at radius 2 is 1.61 bits per heavy atom. The molecule has 2 atom stereocenters. The first-order chi connectivity index (χ1) is 8.47. The second kappa shape index (κ2) is 5.17. The standard InChI is InChI=1S/C17H24O/c1-11-6-7-16(9-13(11)3)18-17-10-14(4)12(2)8-15(17)5/h6-7,9,15,17H,8,10H2,1-5H3/t15-,17-/m0/s1. The molecule has 0 aromatic heterocycles. The van der Waals surface area contributed by atoms with Crippen LogP contribution in [0.25, 0.3) is 0 Å². The lowest BCUT2D eigenvalue weighted by Crippen LogP contribution is -2.29. The number of allylic oxidation sites excluding steroid dienone is 1. The van der Waals surface area contributed by atoms with Crippen LogP contribution in [0.3, 0.4) is 0 Å². The van der Waals surface area contributed by atoms with Crippen LogP contribution < -0.4 is 4.74 Å². The maximum Gasteiger partial charge on any atom is 0.120 e. The van der Waals surface area contributed by atoms with Crippen molar-refractivity contribution >= 4 is 0 Å². The minimum Gasteiger partial charge on any atom is -0.490 e. The van der Waals surface area contributed by atoms with E-state index in [9.17, 15) is 0 Å². The average molecular weight is 244 g/mol. The number of aryl methyl sites for hydroxylation is 2. The zero-order valence-electron chi connectivity index (χ0n) is 12.2. The van der Waals surface area contributed by atoms with Crippen LogP contribution in [0.15, 0.2) is 29.3 Å². The molecule has 1 nitrogen and oxygen atoms in total. The van der Waals surface area contributed by atoms with Gasteiger partial charge in [-0.05, 0) is 63.3 Å². The van der Waals surface area contributed by atoms with E-state index in [0.29, 0.717) is 12.0 Å². The van der Waals surface area contributed by atoms with E-state index in [-0.39, 0.29) is 0 Å². The lowest BCUT2D eigenvalue weighted by molar-refractivity contribution is 0.134. The summed E-state index contributed by atoms with van der Waals surface area (Å²) in [5.41, 5.74) is 5.68. The third kappa shape index (κ3) is 2.77. The zero-order valence-corrected chi connectivity index (χ0v) is 12.2. The van der Waals surface area contributed by atoms with E-state index in [0.717, 1.165) is 12.2 Å². The molecule has 0 amide bonds. The second-order valence-corrected chi connectivity index (χ2v) is 5.85. The van der Waals surface area contributed by atoms with Crippen molar-refractivity contribution in [1.82, 2.24) is 0 Å². The van der Waals surface area contributed by atoms with Gasteiger partial charge in [-0.25, -0.2) is 0 Å². The molecule has 1 aromatic rings. The van der Waals surface area contributed by atoms with Crippen molar-refractivity contribution in [3.05, 3.63) is 40.5 Å². The molecule has 0 heterocycles. The molecular weight excluding hydrogens is 220 g/mol. The molecule has 1 aromatic carbocycles. The molecule has 0 saturated carbocycles. The molecule has 0 saturated heterocycles. The van der Waals surface area contributed by atoms with Crippen LogP contribution in [0.5, 0.6) is 5.75 Å². The van der Waals surface area contributed by atoms with E-state index in [1.807, 2.05) is 0 Å². The van der Waals surface area contributed by atoms with Gasteiger partial charge in [0.2, 0.25) is 0 Å². The molecule has 0 N–H and O–H groups in total. The van der Waals surface area contributed by atoms with E-state index < -0.39 is 0 Å². The minimum absolute atomic E-state index is 0.329. The molecule has 0 radical (unpaired) electrons. The number of rotatable bonds is 2. The van der Waals surface area contributed by atoms with Crippen LogP contribution in [0.4, 0.5) is 0 Å². The molecule has 0 fully saturated rings. The van der Waals surface area contributed by atoms with E-state index in [1.54, 1.807) is 5.57 Å². The number of hydrogen-bond donors (Lipinski definition) is 0. The smallest absolute Gasteiger partial charge is 0.120 e. The Bertz CT molecular complexity index is 470. The van der Waals surface area contributed by atoms with Gasteiger partial charge < -0.3 is 4.74 Å². The fourth-order valence-electron chi connectivity index (χ4n) is 2.59. The highest BCUT2D eigenvalue weighted by Crippen LogP contribution is 2.32. The van der Waals surface area contributed by atoms with Crippen molar-refractivity contribution in [3.8, 4) is 5.75 Å². The van der Waals surface area contributed by atoms with Gasteiger partial charge in [-0.15, -0.1) is 0 Å². The normalized spacial score (nSPS) is 24.3. The van der Waals surface area contributed by atoms with Gasteiger partial charge in [0.1, 0.15) is 11.9 Å². The molecule has 18 heavy (non-hydrogen) atoms. The SMILES string of the molecule is CC1=C(C)C[C@H](C)[C@@H](Oc2ccc(C)c(C)c2)C1. The summed E-state index contributed by atoms with van der Waals surface area (Å²) < 4.78 is 6.19. The van der Waals surface area contributed by atoms with Crippen molar-refractivity contribution in [3.63, 3.8) is 0 Å². The van der Waals surface area contributed by atoms with Gasteiger partial charge >= 0.3 is 0 Å². The maximum atomic E-state index is 6.19. The molecular formula is C17H24O. The van der Waals surface area contributed by atoms with Crippen LogP contribution in [0, 0.1) is 19.8 Å². The molecule has 1 aliphatic rings. The van der Waals surface area contributed by atoms with Crippen LogP contribution in [-0.4, -0.2) is 6.10 Å². The Balaban J connectivity index is 2.12. The van der Waals surface area contributed by atoms with E-state index >= 15 is 0 Å². The first-order valence-electron chi connectivity index (χ1n) is 6.86. The van der Waals surface area contributed by atoms with Crippen molar-refractivity contribution in [2.75, 3.05) is 0 Å². The molecule has 0 unspecified atom stereocenters. The first kappa shape index (κ1) is 13.2. The zero-order chi connectivity index (χ0) is 13.3. The predicted octanol–water partition coefficient (Wildman–Crippen LogP) is 4.82. The summed E-state index contributed by atoms with van der Waals surface area (Å²) in [5, 5.41) is 0. The van der Waals surface area contributed by atoms with E-state index in [2.05, 4.69) is 52.8 Å². The van der Waals surface area contributed by atoms with E-state index in [4.69, 9.17) is 4.74 Å². The fourth-order valence-corrected chi connectivity index (χ4v) is 2.59.